The number of ketones is 1. The molecule has 3 rings (SSSR count). The molecule has 0 bridgehead atoms. The zero-order chi connectivity index (χ0) is 29.3. The van der Waals surface area contributed by atoms with Gasteiger partial charge in [0.1, 0.15) is 17.0 Å². The van der Waals surface area contributed by atoms with Gasteiger partial charge in [-0.1, -0.05) is 17.8 Å². The number of halogens is 1. The van der Waals surface area contributed by atoms with Gasteiger partial charge in [-0.2, -0.15) is 4.98 Å². The van der Waals surface area contributed by atoms with Crippen molar-refractivity contribution in [2.75, 3.05) is 34.8 Å². The smallest absolute Gasteiger partial charge is 0.235 e. The molecular formula is C26H32BrN7O5S. The van der Waals surface area contributed by atoms with E-state index in [9.17, 15) is 24.0 Å². The summed E-state index contributed by atoms with van der Waals surface area (Å²) in [5, 5.41) is 11.8. The van der Waals surface area contributed by atoms with Crippen LogP contribution in [-0.4, -0.2) is 57.4 Å². The predicted molar refractivity (Wildman–Crippen MR) is 157 cm³/mol. The van der Waals surface area contributed by atoms with E-state index in [0.29, 0.717) is 52.9 Å². The number of aromatic nitrogens is 2. The Balaban J connectivity index is 1.47. The van der Waals surface area contributed by atoms with Gasteiger partial charge in [-0.15, -0.1) is 0 Å². The van der Waals surface area contributed by atoms with Crippen molar-refractivity contribution in [1.29, 1.82) is 0 Å². The molecule has 14 heteroatoms. The van der Waals surface area contributed by atoms with Crippen molar-refractivity contribution in [1.82, 2.24) is 15.3 Å². The van der Waals surface area contributed by atoms with Crippen molar-refractivity contribution in [3.05, 3.63) is 34.9 Å². The van der Waals surface area contributed by atoms with Crippen molar-refractivity contribution in [3.63, 3.8) is 0 Å². The molecule has 1 unspecified atom stereocenters. The second kappa shape index (κ2) is 14.2. The molecule has 0 aliphatic carbocycles. The summed E-state index contributed by atoms with van der Waals surface area (Å²) < 4.78 is 0.646. The molecule has 1 atom stereocenters. The van der Waals surface area contributed by atoms with Crippen LogP contribution in [0, 0.1) is 11.3 Å². The molecule has 1 fully saturated rings. The molecule has 214 valence electrons. The van der Waals surface area contributed by atoms with Crippen molar-refractivity contribution in [2.24, 2.45) is 17.1 Å². The van der Waals surface area contributed by atoms with E-state index in [1.54, 1.807) is 30.5 Å². The van der Waals surface area contributed by atoms with E-state index in [1.165, 1.54) is 25.6 Å². The first-order valence-electron chi connectivity index (χ1n) is 12.7. The van der Waals surface area contributed by atoms with Gasteiger partial charge in [0, 0.05) is 61.6 Å². The highest BCUT2D eigenvalue weighted by Gasteiger charge is 2.33. The molecular weight excluding hydrogens is 602 g/mol. The maximum absolute atomic E-state index is 12.4. The van der Waals surface area contributed by atoms with E-state index in [1.807, 2.05) is 0 Å². The first kappa shape index (κ1) is 31.0. The lowest BCUT2D eigenvalue weighted by Crippen LogP contribution is -2.46. The molecule has 0 spiro atoms. The highest BCUT2D eigenvalue weighted by molar-refractivity contribution is 9.10. The van der Waals surface area contributed by atoms with Crippen molar-refractivity contribution in [3.8, 4) is 0 Å². The third-order valence-corrected chi connectivity index (χ3v) is 7.81. The molecule has 1 aromatic heterocycles. The summed E-state index contributed by atoms with van der Waals surface area (Å²) in [5.74, 6) is -0.394. The number of nitrogens with two attached hydrogens (primary N) is 1. The van der Waals surface area contributed by atoms with Crippen molar-refractivity contribution < 1.29 is 24.0 Å². The van der Waals surface area contributed by atoms with Crippen molar-refractivity contribution in [2.45, 2.75) is 39.5 Å². The van der Waals surface area contributed by atoms with Gasteiger partial charge in [-0.3, -0.25) is 24.0 Å². The molecule has 2 heterocycles. The zero-order valence-corrected chi connectivity index (χ0v) is 24.6. The van der Waals surface area contributed by atoms with E-state index in [-0.39, 0.29) is 42.0 Å². The van der Waals surface area contributed by atoms with Crippen LogP contribution in [0.1, 0.15) is 39.5 Å². The van der Waals surface area contributed by atoms with Crippen LogP contribution < -0.4 is 27.0 Å². The summed E-state index contributed by atoms with van der Waals surface area (Å²) in [6.07, 6.45) is 2.56. The van der Waals surface area contributed by atoms with Crippen LogP contribution in [0.2, 0.25) is 0 Å². The van der Waals surface area contributed by atoms with Crippen LogP contribution in [-0.2, 0) is 24.0 Å². The standard InChI is InChI=1S/C26H32BrN7O5S/c1-26(2,23(28)38)24(39)30-10-4-9-29-22-18(27)13-31-25(34-22)33-17-6-3-5-16(12-17)32-20(36)8-7-19(35)15-11-21(37)40-14-15/h3,5-6,12-13,15H,4,7-11,14H2,1-2H3,(H2,28,38)(H,30,39)(H,32,36)(H2,29,31,33,34). The Hall–Kier alpha value is -3.52. The normalized spacial score (nSPS) is 14.9. The van der Waals surface area contributed by atoms with Gasteiger partial charge in [0.25, 0.3) is 0 Å². The highest BCUT2D eigenvalue weighted by atomic mass is 79.9. The maximum atomic E-state index is 12.4. The molecule has 3 amide bonds. The Morgan fingerprint density at radius 2 is 1.90 bits per heavy atom. The molecule has 0 saturated carbocycles. The lowest BCUT2D eigenvalue weighted by Gasteiger charge is -2.19. The molecule has 1 saturated heterocycles. The number of nitrogens with zero attached hydrogens (tertiary/aromatic N) is 2. The number of hydrogen-bond acceptors (Lipinski definition) is 10. The molecule has 1 aromatic carbocycles. The Morgan fingerprint density at radius 3 is 2.60 bits per heavy atom. The van der Waals surface area contributed by atoms with Gasteiger partial charge in [0.2, 0.25) is 23.7 Å². The summed E-state index contributed by atoms with van der Waals surface area (Å²) in [6.45, 7) is 3.79. The van der Waals surface area contributed by atoms with Gasteiger partial charge in [0.15, 0.2) is 5.12 Å². The van der Waals surface area contributed by atoms with E-state index in [4.69, 9.17) is 5.73 Å². The lowest BCUT2D eigenvalue weighted by atomic mass is 9.91. The Kier molecular flexibility index (Phi) is 11.0. The van der Waals surface area contributed by atoms with E-state index < -0.39 is 17.2 Å². The van der Waals surface area contributed by atoms with Crippen LogP contribution in [0.4, 0.5) is 23.1 Å². The van der Waals surface area contributed by atoms with E-state index in [0.717, 1.165) is 0 Å². The first-order chi connectivity index (χ1) is 19.0. The molecule has 1 aliphatic heterocycles. The molecule has 0 radical (unpaired) electrons. The quantitative estimate of drug-likeness (QED) is 0.153. The second-order valence-electron chi connectivity index (χ2n) is 9.72. The minimum atomic E-state index is -1.28. The Bertz CT molecular complexity index is 1290. The number of thioether (sulfide) groups is 1. The number of carbonyl (C=O) groups is 5. The molecule has 6 N–H and O–H groups in total. The molecule has 2 aromatic rings. The van der Waals surface area contributed by atoms with E-state index >= 15 is 0 Å². The lowest BCUT2D eigenvalue weighted by molar-refractivity contribution is -0.139. The molecule has 40 heavy (non-hydrogen) atoms. The van der Waals surface area contributed by atoms with Crippen LogP contribution >= 0.6 is 27.7 Å². The fourth-order valence-corrected chi connectivity index (χ4v) is 4.91. The van der Waals surface area contributed by atoms with Crippen molar-refractivity contribution >= 4 is 79.5 Å². The van der Waals surface area contributed by atoms with Gasteiger partial charge < -0.3 is 27.0 Å². The fraction of sp³-hybridized carbons (Fsp3) is 0.423. The van der Waals surface area contributed by atoms with Gasteiger partial charge >= 0.3 is 0 Å². The Labute approximate surface area is 244 Å². The van der Waals surface area contributed by atoms with Crippen LogP contribution in [0.3, 0.4) is 0 Å². The van der Waals surface area contributed by atoms with Crippen LogP contribution in [0.25, 0.3) is 0 Å². The van der Waals surface area contributed by atoms with Crippen LogP contribution in [0.15, 0.2) is 34.9 Å². The minimum absolute atomic E-state index is 0.0256. The number of hydrogen-bond donors (Lipinski definition) is 5. The molecule has 12 nitrogen and oxygen atoms in total. The average Bonchev–Trinajstić information content (AvgIpc) is 3.35. The van der Waals surface area contributed by atoms with Gasteiger partial charge in [-0.25, -0.2) is 4.98 Å². The third-order valence-electron chi connectivity index (χ3n) is 6.17. The summed E-state index contributed by atoms with van der Waals surface area (Å²) >= 11 is 4.58. The number of anilines is 4. The van der Waals surface area contributed by atoms with E-state index in [2.05, 4.69) is 47.2 Å². The summed E-state index contributed by atoms with van der Waals surface area (Å²) in [4.78, 5) is 68.2. The number of benzene rings is 1. The fourth-order valence-electron chi connectivity index (χ4n) is 3.57. The third kappa shape index (κ3) is 9.01. The number of nitrogens with one attached hydrogen (secondary N) is 4. The zero-order valence-electron chi connectivity index (χ0n) is 22.2. The number of primary amides is 1. The number of rotatable bonds is 14. The number of amides is 3. The molecule has 1 aliphatic rings. The monoisotopic (exact) mass is 633 g/mol. The first-order valence-corrected chi connectivity index (χ1v) is 14.4. The summed E-state index contributed by atoms with van der Waals surface area (Å²) in [7, 11) is 0. The highest BCUT2D eigenvalue weighted by Crippen LogP contribution is 2.27. The van der Waals surface area contributed by atoms with Gasteiger partial charge in [-0.05, 0) is 54.4 Å². The predicted octanol–water partition coefficient (Wildman–Crippen LogP) is 2.98. The topological polar surface area (TPSA) is 185 Å². The number of carbonyl (C=O) groups excluding carboxylic acids is 5. The second-order valence-corrected chi connectivity index (χ2v) is 11.7. The Morgan fingerprint density at radius 1 is 1.15 bits per heavy atom. The number of Topliss-reactive ketones (excluding diaryl/α,β-unsaturated/α-hetero) is 1. The minimum Gasteiger partial charge on any atom is -0.369 e. The van der Waals surface area contributed by atoms with Crippen LogP contribution in [0.5, 0.6) is 0 Å². The van der Waals surface area contributed by atoms with Gasteiger partial charge in [0.05, 0.1) is 4.47 Å². The summed E-state index contributed by atoms with van der Waals surface area (Å²) in [6, 6.07) is 7.01. The largest absolute Gasteiger partial charge is 0.369 e. The average molecular weight is 635 g/mol. The summed E-state index contributed by atoms with van der Waals surface area (Å²) in [5.41, 5.74) is 5.17. The SMILES string of the molecule is CC(C)(C(N)=O)C(=O)NCCCNc1nc(Nc2cccc(NC(=O)CCC(=O)C3CSC(=O)C3)c2)ncc1Br. The maximum Gasteiger partial charge on any atom is 0.235 e.